The molecule has 0 saturated heterocycles. The van der Waals surface area contributed by atoms with Gasteiger partial charge in [-0.2, -0.15) is 0 Å². The van der Waals surface area contributed by atoms with Crippen LogP contribution in [0.5, 0.6) is 0 Å². The van der Waals surface area contributed by atoms with E-state index in [1.54, 1.807) is 24.3 Å². The van der Waals surface area contributed by atoms with Gasteiger partial charge < -0.3 is 4.74 Å². The van der Waals surface area contributed by atoms with Crippen LogP contribution in [0.25, 0.3) is 5.57 Å². The molecule has 106 valence electrons. The van der Waals surface area contributed by atoms with Crippen LogP contribution in [-0.2, 0) is 14.3 Å². The Morgan fingerprint density at radius 2 is 2.00 bits per heavy atom. The summed E-state index contributed by atoms with van der Waals surface area (Å²) in [6.07, 6.45) is 0.986. The molecular formula is C16H17ClO3. The molecule has 0 unspecified atom stereocenters. The number of allylic oxidation sites excluding steroid dienone is 2. The number of hydrogen-bond acceptors (Lipinski definition) is 3. The first-order valence-electron chi connectivity index (χ1n) is 6.49. The van der Waals surface area contributed by atoms with Crippen LogP contribution in [0.2, 0.25) is 5.02 Å². The summed E-state index contributed by atoms with van der Waals surface area (Å²) in [5.74, 6) is 0.0193. The van der Waals surface area contributed by atoms with Crippen molar-refractivity contribution in [2.24, 2.45) is 5.41 Å². The quantitative estimate of drug-likeness (QED) is 0.774. The van der Waals surface area contributed by atoms with Crippen molar-refractivity contribution in [2.75, 3.05) is 0 Å². The lowest BCUT2D eigenvalue weighted by Gasteiger charge is -2.31. The number of ether oxygens (including phenoxy) is 1. The van der Waals surface area contributed by atoms with Crippen LogP contribution in [0.3, 0.4) is 0 Å². The molecule has 0 N–H and O–H groups in total. The Morgan fingerprint density at radius 1 is 1.30 bits per heavy atom. The molecular weight excluding hydrogens is 276 g/mol. The lowest BCUT2D eigenvalue weighted by molar-refractivity contribution is -0.137. The zero-order valence-electron chi connectivity index (χ0n) is 11.8. The molecule has 1 aromatic carbocycles. The number of Topliss-reactive ketones (excluding diaryl/α,β-unsaturated/α-hetero) is 1. The Labute approximate surface area is 123 Å². The smallest absolute Gasteiger partial charge is 0.307 e. The summed E-state index contributed by atoms with van der Waals surface area (Å²) >= 11 is 5.98. The number of esters is 1. The van der Waals surface area contributed by atoms with Crippen LogP contribution in [-0.4, -0.2) is 11.8 Å². The van der Waals surface area contributed by atoms with Crippen molar-refractivity contribution in [3.8, 4) is 0 Å². The number of carbonyl (C=O) groups is 2. The van der Waals surface area contributed by atoms with E-state index < -0.39 is 5.97 Å². The van der Waals surface area contributed by atoms with E-state index in [4.69, 9.17) is 16.3 Å². The first kappa shape index (κ1) is 14.8. The SMILES string of the molecule is CC(=O)OC1=C(c2cccc(Cl)c2)C(=O)CC(C)(C)C1. The third-order valence-electron chi connectivity index (χ3n) is 3.22. The van der Waals surface area contributed by atoms with Gasteiger partial charge in [-0.15, -0.1) is 0 Å². The summed E-state index contributed by atoms with van der Waals surface area (Å²) in [6, 6.07) is 7.05. The van der Waals surface area contributed by atoms with Crippen molar-refractivity contribution in [3.05, 3.63) is 40.6 Å². The van der Waals surface area contributed by atoms with E-state index in [-0.39, 0.29) is 11.2 Å². The zero-order chi connectivity index (χ0) is 14.9. The molecule has 20 heavy (non-hydrogen) atoms. The minimum Gasteiger partial charge on any atom is -0.430 e. The molecule has 0 heterocycles. The second-order valence-corrected chi connectivity index (χ2v) is 6.28. The van der Waals surface area contributed by atoms with Crippen LogP contribution < -0.4 is 0 Å². The van der Waals surface area contributed by atoms with Crippen molar-refractivity contribution in [2.45, 2.75) is 33.6 Å². The first-order chi connectivity index (χ1) is 9.28. The Kier molecular flexibility index (Phi) is 4.00. The molecule has 2 rings (SSSR count). The molecule has 0 amide bonds. The molecule has 0 saturated carbocycles. The average Bonchev–Trinajstić information content (AvgIpc) is 2.25. The molecule has 0 aliphatic heterocycles. The van der Waals surface area contributed by atoms with Gasteiger partial charge in [0, 0.05) is 24.8 Å². The summed E-state index contributed by atoms with van der Waals surface area (Å²) in [4.78, 5) is 23.7. The van der Waals surface area contributed by atoms with Crippen molar-refractivity contribution in [1.82, 2.24) is 0 Å². The fourth-order valence-corrected chi connectivity index (χ4v) is 2.68. The second kappa shape index (κ2) is 5.41. The highest BCUT2D eigenvalue weighted by atomic mass is 35.5. The monoisotopic (exact) mass is 292 g/mol. The lowest BCUT2D eigenvalue weighted by atomic mass is 9.75. The van der Waals surface area contributed by atoms with E-state index in [9.17, 15) is 9.59 Å². The molecule has 0 spiro atoms. The second-order valence-electron chi connectivity index (χ2n) is 5.84. The van der Waals surface area contributed by atoms with Gasteiger partial charge in [0.25, 0.3) is 0 Å². The van der Waals surface area contributed by atoms with Gasteiger partial charge in [-0.05, 0) is 23.1 Å². The van der Waals surface area contributed by atoms with E-state index in [2.05, 4.69) is 0 Å². The molecule has 0 bridgehead atoms. The Balaban J connectivity index is 2.55. The van der Waals surface area contributed by atoms with Crippen molar-refractivity contribution >= 4 is 28.9 Å². The molecule has 1 aromatic rings. The summed E-state index contributed by atoms with van der Waals surface area (Å²) in [5.41, 5.74) is 0.973. The molecule has 4 heteroatoms. The topological polar surface area (TPSA) is 43.4 Å². The van der Waals surface area contributed by atoms with Crippen LogP contribution in [0.1, 0.15) is 39.2 Å². The fraction of sp³-hybridized carbons (Fsp3) is 0.375. The van der Waals surface area contributed by atoms with E-state index in [1.165, 1.54) is 6.92 Å². The van der Waals surface area contributed by atoms with Gasteiger partial charge in [-0.1, -0.05) is 37.6 Å². The molecule has 1 aliphatic carbocycles. The third kappa shape index (κ3) is 3.28. The highest BCUT2D eigenvalue weighted by Crippen LogP contribution is 2.41. The highest BCUT2D eigenvalue weighted by Gasteiger charge is 2.35. The first-order valence-corrected chi connectivity index (χ1v) is 6.87. The predicted octanol–water partition coefficient (Wildman–Crippen LogP) is 4.00. The molecule has 1 aliphatic rings. The Hall–Kier alpha value is -1.61. The van der Waals surface area contributed by atoms with Crippen LogP contribution >= 0.6 is 11.6 Å². The molecule has 0 aromatic heterocycles. The average molecular weight is 293 g/mol. The zero-order valence-corrected chi connectivity index (χ0v) is 12.6. The lowest BCUT2D eigenvalue weighted by Crippen LogP contribution is -2.26. The number of carbonyl (C=O) groups excluding carboxylic acids is 2. The maximum Gasteiger partial charge on any atom is 0.307 e. The van der Waals surface area contributed by atoms with Gasteiger partial charge in [0.1, 0.15) is 5.76 Å². The van der Waals surface area contributed by atoms with Gasteiger partial charge in [0.05, 0.1) is 5.57 Å². The minimum absolute atomic E-state index is 0.0141. The third-order valence-corrected chi connectivity index (χ3v) is 3.45. The van der Waals surface area contributed by atoms with Gasteiger partial charge in [-0.25, -0.2) is 0 Å². The summed E-state index contributed by atoms with van der Waals surface area (Å²) in [6.45, 7) is 5.32. The van der Waals surface area contributed by atoms with Crippen LogP contribution in [0.4, 0.5) is 0 Å². The van der Waals surface area contributed by atoms with E-state index in [1.807, 2.05) is 13.8 Å². The van der Waals surface area contributed by atoms with E-state index in [0.717, 1.165) is 0 Å². The van der Waals surface area contributed by atoms with Gasteiger partial charge in [0.2, 0.25) is 0 Å². The Morgan fingerprint density at radius 3 is 2.60 bits per heavy atom. The van der Waals surface area contributed by atoms with Crippen LogP contribution in [0, 0.1) is 5.41 Å². The number of halogens is 1. The van der Waals surface area contributed by atoms with E-state index >= 15 is 0 Å². The largest absolute Gasteiger partial charge is 0.430 e. The molecule has 0 fully saturated rings. The van der Waals surface area contributed by atoms with Gasteiger partial charge >= 0.3 is 5.97 Å². The van der Waals surface area contributed by atoms with E-state index in [0.29, 0.717) is 34.8 Å². The molecule has 0 atom stereocenters. The standard InChI is InChI=1S/C16H17ClO3/c1-10(18)20-14-9-16(2,3)8-13(19)15(14)11-5-4-6-12(17)7-11/h4-7H,8-9H2,1-3H3. The van der Waals surface area contributed by atoms with Crippen molar-refractivity contribution in [1.29, 1.82) is 0 Å². The van der Waals surface area contributed by atoms with Crippen molar-refractivity contribution < 1.29 is 14.3 Å². The van der Waals surface area contributed by atoms with Crippen molar-refractivity contribution in [3.63, 3.8) is 0 Å². The molecule has 0 radical (unpaired) electrons. The minimum atomic E-state index is -0.412. The summed E-state index contributed by atoms with van der Waals surface area (Å²) < 4.78 is 5.28. The van der Waals surface area contributed by atoms with Crippen LogP contribution in [0.15, 0.2) is 30.0 Å². The maximum atomic E-state index is 12.4. The summed E-state index contributed by atoms with van der Waals surface area (Å²) in [5, 5.41) is 0.551. The highest BCUT2D eigenvalue weighted by molar-refractivity contribution is 6.31. The number of hydrogen-bond donors (Lipinski definition) is 0. The van der Waals surface area contributed by atoms with Gasteiger partial charge in [-0.3, -0.25) is 9.59 Å². The summed E-state index contributed by atoms with van der Waals surface area (Å²) in [7, 11) is 0. The predicted molar refractivity (Wildman–Crippen MR) is 78.2 cm³/mol. The normalized spacial score (nSPS) is 18.1. The fourth-order valence-electron chi connectivity index (χ4n) is 2.49. The van der Waals surface area contributed by atoms with Gasteiger partial charge in [0.15, 0.2) is 5.78 Å². The Bertz CT molecular complexity index is 599. The maximum absolute atomic E-state index is 12.4. The number of benzene rings is 1. The number of ketones is 1. The molecule has 3 nitrogen and oxygen atoms in total. The number of rotatable bonds is 2.